The summed E-state index contributed by atoms with van der Waals surface area (Å²) >= 11 is 1.63. The Morgan fingerprint density at radius 3 is 2.84 bits per heavy atom. The molecule has 128 valence electrons. The van der Waals surface area contributed by atoms with Gasteiger partial charge in [-0.3, -0.25) is 14.2 Å². The van der Waals surface area contributed by atoms with Crippen LogP contribution in [0.5, 0.6) is 0 Å². The zero-order valence-electron chi connectivity index (χ0n) is 14.4. The molecule has 1 aliphatic rings. The van der Waals surface area contributed by atoms with Crippen LogP contribution >= 0.6 is 11.3 Å². The van der Waals surface area contributed by atoms with E-state index in [0.29, 0.717) is 11.5 Å². The van der Waals surface area contributed by atoms with Gasteiger partial charge >= 0.3 is 0 Å². The summed E-state index contributed by atoms with van der Waals surface area (Å²) in [4.78, 5) is 32.4. The molecule has 4 nitrogen and oxygen atoms in total. The third kappa shape index (κ3) is 2.72. The van der Waals surface area contributed by atoms with Crippen molar-refractivity contribution in [1.82, 2.24) is 9.55 Å². The normalized spacial score (nSPS) is 18.1. The van der Waals surface area contributed by atoms with Crippen LogP contribution < -0.4 is 5.56 Å². The fraction of sp³-hybridized carbons (Fsp3) is 0.350. The minimum absolute atomic E-state index is 0.0680. The van der Waals surface area contributed by atoms with Crippen molar-refractivity contribution in [1.29, 1.82) is 0 Å². The predicted octanol–water partition coefficient (Wildman–Crippen LogP) is 4.03. The maximum atomic E-state index is 13.1. The molecule has 2 atom stereocenters. The predicted molar refractivity (Wildman–Crippen MR) is 101 cm³/mol. The Kier molecular flexibility index (Phi) is 4.04. The van der Waals surface area contributed by atoms with E-state index in [1.807, 2.05) is 18.2 Å². The molecule has 4 rings (SSSR count). The van der Waals surface area contributed by atoms with Crippen molar-refractivity contribution in [2.45, 2.75) is 39.2 Å². The van der Waals surface area contributed by atoms with Gasteiger partial charge in [-0.05, 0) is 37.7 Å². The summed E-state index contributed by atoms with van der Waals surface area (Å²) in [6.45, 7) is 4.02. The van der Waals surface area contributed by atoms with E-state index >= 15 is 0 Å². The minimum atomic E-state index is -0.565. The highest BCUT2D eigenvalue weighted by atomic mass is 32.1. The standard InChI is InChI=1S/C20H20N2O2S/c1-12-8-9-15-16(10-12)25-19-17(15)20(24)22(11-21-19)13(2)18(23)14-6-4-3-5-7-14/h3-7,11-13H,8-10H2,1-2H3. The first-order valence-corrected chi connectivity index (χ1v) is 9.48. The molecule has 2 aromatic heterocycles. The third-order valence-electron chi connectivity index (χ3n) is 5.10. The van der Waals surface area contributed by atoms with Crippen molar-refractivity contribution in [3.8, 4) is 0 Å². The largest absolute Gasteiger partial charge is 0.292 e. The third-order valence-corrected chi connectivity index (χ3v) is 6.26. The molecule has 25 heavy (non-hydrogen) atoms. The van der Waals surface area contributed by atoms with Crippen molar-refractivity contribution < 1.29 is 4.79 Å². The van der Waals surface area contributed by atoms with Gasteiger partial charge in [0.05, 0.1) is 17.8 Å². The average molecular weight is 352 g/mol. The molecule has 1 aromatic carbocycles. The highest BCUT2D eigenvalue weighted by molar-refractivity contribution is 7.18. The van der Waals surface area contributed by atoms with Crippen molar-refractivity contribution in [2.24, 2.45) is 5.92 Å². The number of rotatable bonds is 3. The van der Waals surface area contributed by atoms with E-state index in [1.165, 1.54) is 15.8 Å². The van der Waals surface area contributed by atoms with Crippen LogP contribution in [0.25, 0.3) is 10.2 Å². The first-order valence-electron chi connectivity index (χ1n) is 8.67. The Hall–Kier alpha value is -2.27. The molecule has 0 aliphatic heterocycles. The van der Waals surface area contributed by atoms with Crippen LogP contribution in [0.2, 0.25) is 0 Å². The summed E-state index contributed by atoms with van der Waals surface area (Å²) < 4.78 is 1.49. The number of thiophene rings is 1. The van der Waals surface area contributed by atoms with Crippen molar-refractivity contribution in [3.05, 3.63) is 63.0 Å². The molecule has 0 radical (unpaired) electrons. The number of aryl methyl sites for hydroxylation is 1. The number of aromatic nitrogens is 2. The number of Topliss-reactive ketones (excluding diaryl/α,β-unsaturated/α-hetero) is 1. The van der Waals surface area contributed by atoms with Gasteiger partial charge in [-0.25, -0.2) is 4.98 Å². The Morgan fingerprint density at radius 1 is 1.32 bits per heavy atom. The van der Waals surface area contributed by atoms with Crippen molar-refractivity contribution >= 4 is 27.3 Å². The number of carbonyl (C=O) groups excluding carboxylic acids is 1. The average Bonchev–Trinajstić information content (AvgIpc) is 2.99. The molecule has 3 aromatic rings. The van der Waals surface area contributed by atoms with Crippen LogP contribution in [-0.4, -0.2) is 15.3 Å². The van der Waals surface area contributed by atoms with E-state index in [1.54, 1.807) is 30.4 Å². The maximum absolute atomic E-state index is 13.1. The minimum Gasteiger partial charge on any atom is -0.292 e. The van der Waals surface area contributed by atoms with Gasteiger partial charge in [-0.1, -0.05) is 37.3 Å². The summed E-state index contributed by atoms with van der Waals surface area (Å²) in [6.07, 6.45) is 4.58. The van der Waals surface area contributed by atoms with Gasteiger partial charge in [0.2, 0.25) is 0 Å². The molecule has 5 heteroatoms. The van der Waals surface area contributed by atoms with E-state index < -0.39 is 6.04 Å². The fourth-order valence-corrected chi connectivity index (χ4v) is 4.93. The number of carbonyl (C=O) groups is 1. The van der Waals surface area contributed by atoms with Gasteiger partial charge in [-0.2, -0.15) is 0 Å². The molecule has 2 heterocycles. The summed E-state index contributed by atoms with van der Waals surface area (Å²) in [7, 11) is 0. The van der Waals surface area contributed by atoms with E-state index in [2.05, 4.69) is 11.9 Å². The molecule has 0 fully saturated rings. The first-order chi connectivity index (χ1) is 12.1. The van der Waals surface area contributed by atoms with Gasteiger partial charge in [0, 0.05) is 10.4 Å². The molecular weight excluding hydrogens is 332 g/mol. The Bertz CT molecular complexity index is 1000. The second-order valence-electron chi connectivity index (χ2n) is 6.90. The van der Waals surface area contributed by atoms with Crippen LogP contribution in [0, 0.1) is 5.92 Å². The number of fused-ring (bicyclic) bond motifs is 3. The number of hydrogen-bond donors (Lipinski definition) is 0. The Balaban J connectivity index is 1.80. The fourth-order valence-electron chi connectivity index (χ4n) is 3.59. The lowest BCUT2D eigenvalue weighted by Gasteiger charge is -2.18. The van der Waals surface area contributed by atoms with Crippen molar-refractivity contribution in [2.75, 3.05) is 0 Å². The number of benzene rings is 1. The van der Waals surface area contributed by atoms with Gasteiger partial charge in [-0.15, -0.1) is 11.3 Å². The molecule has 0 bridgehead atoms. The lowest BCUT2D eigenvalue weighted by molar-refractivity contribution is 0.0932. The van der Waals surface area contributed by atoms with E-state index in [0.717, 1.165) is 35.0 Å². The second-order valence-corrected chi connectivity index (χ2v) is 7.98. The lowest BCUT2D eigenvalue weighted by Crippen LogP contribution is -2.28. The topological polar surface area (TPSA) is 52.0 Å². The molecule has 0 saturated carbocycles. The summed E-state index contributed by atoms with van der Waals surface area (Å²) in [5.74, 6) is 0.586. The number of ketones is 1. The van der Waals surface area contributed by atoms with E-state index in [9.17, 15) is 9.59 Å². The highest BCUT2D eigenvalue weighted by Crippen LogP contribution is 2.35. The summed E-state index contributed by atoms with van der Waals surface area (Å²) in [6, 6.07) is 8.54. The van der Waals surface area contributed by atoms with Crippen LogP contribution in [0.3, 0.4) is 0 Å². The zero-order valence-corrected chi connectivity index (χ0v) is 15.2. The SMILES string of the molecule is CC1CCc2c(sc3ncn(C(C)C(=O)c4ccccc4)c(=O)c23)C1. The van der Waals surface area contributed by atoms with Gasteiger partial charge < -0.3 is 0 Å². The van der Waals surface area contributed by atoms with Crippen molar-refractivity contribution in [3.63, 3.8) is 0 Å². The summed E-state index contributed by atoms with van der Waals surface area (Å²) in [5.41, 5.74) is 1.68. The van der Waals surface area contributed by atoms with Gasteiger partial charge in [0.15, 0.2) is 5.78 Å². The van der Waals surface area contributed by atoms with Crippen LogP contribution in [0.4, 0.5) is 0 Å². The zero-order chi connectivity index (χ0) is 17.6. The highest BCUT2D eigenvalue weighted by Gasteiger charge is 2.25. The van der Waals surface area contributed by atoms with Crippen LogP contribution in [-0.2, 0) is 12.8 Å². The maximum Gasteiger partial charge on any atom is 0.263 e. The quantitative estimate of drug-likeness (QED) is 0.669. The first kappa shape index (κ1) is 16.2. The lowest BCUT2D eigenvalue weighted by atomic mass is 9.89. The molecule has 0 amide bonds. The molecule has 0 saturated heterocycles. The number of nitrogens with zero attached hydrogens (tertiary/aromatic N) is 2. The molecule has 0 spiro atoms. The summed E-state index contributed by atoms with van der Waals surface area (Å²) in [5, 5.41) is 0.724. The number of hydrogen-bond acceptors (Lipinski definition) is 4. The molecular formula is C20H20N2O2S. The smallest absolute Gasteiger partial charge is 0.263 e. The van der Waals surface area contributed by atoms with Gasteiger partial charge in [0.1, 0.15) is 4.83 Å². The van der Waals surface area contributed by atoms with Crippen LogP contribution in [0.15, 0.2) is 41.5 Å². The van der Waals surface area contributed by atoms with E-state index in [-0.39, 0.29) is 11.3 Å². The molecule has 1 aliphatic carbocycles. The Labute approximate surface area is 150 Å². The van der Waals surface area contributed by atoms with Gasteiger partial charge in [0.25, 0.3) is 5.56 Å². The molecule has 0 N–H and O–H groups in total. The van der Waals surface area contributed by atoms with E-state index in [4.69, 9.17) is 0 Å². The van der Waals surface area contributed by atoms with Crippen LogP contribution in [0.1, 0.15) is 47.1 Å². The monoisotopic (exact) mass is 352 g/mol. The second kappa shape index (κ2) is 6.23. The molecule has 2 unspecified atom stereocenters. The Morgan fingerprint density at radius 2 is 2.08 bits per heavy atom.